The van der Waals surface area contributed by atoms with Gasteiger partial charge in [0.1, 0.15) is 5.75 Å². The minimum absolute atomic E-state index is 0.119. The first-order chi connectivity index (χ1) is 10.2. The Hall–Kier alpha value is -1.51. The normalized spacial score (nSPS) is 16.7. The smallest absolute Gasteiger partial charge is 0.220 e. The summed E-state index contributed by atoms with van der Waals surface area (Å²) in [5.74, 6) is 1.08. The molecule has 1 N–H and O–H groups in total. The van der Waals surface area contributed by atoms with Crippen molar-refractivity contribution in [1.82, 2.24) is 5.32 Å². The molecule has 2 rings (SSSR count). The number of hydrogen-bond donors (Lipinski definition) is 1. The number of unbranched alkanes of at least 4 members (excludes halogenated alkanes) is 1. The van der Waals surface area contributed by atoms with Crippen LogP contribution in [0, 0.1) is 0 Å². The molecule has 3 nitrogen and oxygen atoms in total. The third-order valence-electron chi connectivity index (χ3n) is 4.64. The second-order valence-electron chi connectivity index (χ2n) is 6.10. The molecule has 0 aromatic heterocycles. The van der Waals surface area contributed by atoms with Crippen molar-refractivity contribution in [2.45, 2.75) is 57.3 Å². The van der Waals surface area contributed by atoms with Gasteiger partial charge in [-0.2, -0.15) is 0 Å². The fraction of sp³-hybridized carbons (Fsp3) is 0.611. The first kappa shape index (κ1) is 15.9. The van der Waals surface area contributed by atoms with Gasteiger partial charge in [-0.3, -0.25) is 4.79 Å². The second kappa shape index (κ2) is 7.48. The van der Waals surface area contributed by atoms with Crippen LogP contribution < -0.4 is 10.1 Å². The highest BCUT2D eigenvalue weighted by Gasteiger charge is 2.35. The summed E-state index contributed by atoms with van der Waals surface area (Å²) in [6, 6.07) is 8.35. The van der Waals surface area contributed by atoms with Crippen LogP contribution in [0.4, 0.5) is 0 Å². The van der Waals surface area contributed by atoms with E-state index in [1.54, 1.807) is 7.11 Å². The molecule has 0 atom stereocenters. The Bertz CT molecular complexity index is 447. The summed E-state index contributed by atoms with van der Waals surface area (Å²) in [6.07, 6.45) is 7.50. The van der Waals surface area contributed by atoms with Crippen molar-refractivity contribution in [1.29, 1.82) is 0 Å². The molecular weight excluding hydrogens is 262 g/mol. The minimum atomic E-state index is 0.119. The van der Waals surface area contributed by atoms with E-state index < -0.39 is 0 Å². The molecule has 1 amide bonds. The summed E-state index contributed by atoms with van der Waals surface area (Å²) in [7, 11) is 1.69. The summed E-state index contributed by atoms with van der Waals surface area (Å²) in [5, 5.41) is 3.16. The molecular formula is C18H27NO2. The largest absolute Gasteiger partial charge is 0.497 e. The molecule has 0 saturated heterocycles. The average Bonchev–Trinajstić information content (AvgIpc) is 3.01. The Morgan fingerprint density at radius 1 is 1.24 bits per heavy atom. The van der Waals surface area contributed by atoms with E-state index >= 15 is 0 Å². The molecule has 0 radical (unpaired) electrons. The number of hydrogen-bond acceptors (Lipinski definition) is 2. The molecule has 3 heteroatoms. The third-order valence-corrected chi connectivity index (χ3v) is 4.64. The van der Waals surface area contributed by atoms with Crippen molar-refractivity contribution in [3.8, 4) is 5.75 Å². The first-order valence-electron chi connectivity index (χ1n) is 8.11. The molecule has 0 heterocycles. The number of carbonyl (C=O) groups is 1. The molecule has 1 aliphatic rings. The predicted molar refractivity (Wildman–Crippen MR) is 85.7 cm³/mol. The highest BCUT2D eigenvalue weighted by Crippen LogP contribution is 2.41. The van der Waals surface area contributed by atoms with Gasteiger partial charge in [-0.25, -0.2) is 0 Å². The topological polar surface area (TPSA) is 38.3 Å². The van der Waals surface area contributed by atoms with E-state index in [2.05, 4.69) is 24.4 Å². The lowest BCUT2D eigenvalue weighted by Gasteiger charge is -2.30. The maximum absolute atomic E-state index is 11.9. The Morgan fingerprint density at radius 3 is 2.48 bits per heavy atom. The van der Waals surface area contributed by atoms with Crippen molar-refractivity contribution >= 4 is 5.91 Å². The SMILES string of the molecule is CCCCC(=O)NCC1(c2ccc(OC)cc2)CCCC1. The van der Waals surface area contributed by atoms with Crippen molar-refractivity contribution in [3.63, 3.8) is 0 Å². The van der Waals surface area contributed by atoms with Crippen molar-refractivity contribution in [2.24, 2.45) is 0 Å². The molecule has 0 bridgehead atoms. The van der Waals surface area contributed by atoms with E-state index in [9.17, 15) is 4.79 Å². The molecule has 0 unspecified atom stereocenters. The van der Waals surface area contributed by atoms with Crippen LogP contribution >= 0.6 is 0 Å². The van der Waals surface area contributed by atoms with Crippen molar-refractivity contribution in [3.05, 3.63) is 29.8 Å². The lowest BCUT2D eigenvalue weighted by molar-refractivity contribution is -0.121. The van der Waals surface area contributed by atoms with Gasteiger partial charge in [-0.15, -0.1) is 0 Å². The van der Waals surface area contributed by atoms with Gasteiger partial charge >= 0.3 is 0 Å². The molecule has 1 aromatic rings. The van der Waals surface area contributed by atoms with Crippen LogP contribution in [0.5, 0.6) is 5.75 Å². The summed E-state index contributed by atoms with van der Waals surface area (Å²) in [6.45, 7) is 2.88. The lowest BCUT2D eigenvalue weighted by atomic mass is 9.78. The quantitative estimate of drug-likeness (QED) is 0.829. The number of rotatable bonds is 7. The Balaban J connectivity index is 2.03. The third kappa shape index (κ3) is 3.99. The molecule has 21 heavy (non-hydrogen) atoms. The lowest BCUT2D eigenvalue weighted by Crippen LogP contribution is -2.38. The molecule has 1 aliphatic carbocycles. The van der Waals surface area contributed by atoms with Crippen LogP contribution in [-0.4, -0.2) is 19.6 Å². The number of amides is 1. The fourth-order valence-electron chi connectivity index (χ4n) is 3.26. The number of carbonyl (C=O) groups excluding carboxylic acids is 1. The van der Waals surface area contributed by atoms with E-state index in [0.29, 0.717) is 6.42 Å². The molecule has 1 fully saturated rings. The standard InChI is InChI=1S/C18H27NO2/c1-3-4-7-17(20)19-14-18(12-5-6-13-18)15-8-10-16(21-2)11-9-15/h8-11H,3-7,12-14H2,1-2H3,(H,19,20). The zero-order chi connectivity index (χ0) is 15.1. The average molecular weight is 289 g/mol. The maximum atomic E-state index is 11.9. The first-order valence-corrected chi connectivity index (χ1v) is 8.11. The maximum Gasteiger partial charge on any atom is 0.220 e. The van der Waals surface area contributed by atoms with Gasteiger partial charge in [-0.1, -0.05) is 38.3 Å². The van der Waals surface area contributed by atoms with Crippen LogP contribution in [0.2, 0.25) is 0 Å². The number of nitrogens with one attached hydrogen (secondary N) is 1. The summed E-state index contributed by atoms with van der Waals surface area (Å²) >= 11 is 0. The van der Waals surface area contributed by atoms with Crippen LogP contribution in [0.1, 0.15) is 57.4 Å². The fourth-order valence-corrected chi connectivity index (χ4v) is 3.26. The Kier molecular flexibility index (Phi) is 5.66. The highest BCUT2D eigenvalue weighted by molar-refractivity contribution is 5.76. The molecule has 0 aliphatic heterocycles. The van der Waals surface area contributed by atoms with Gasteiger partial charge < -0.3 is 10.1 Å². The molecule has 0 spiro atoms. The van der Waals surface area contributed by atoms with Crippen LogP contribution in [0.25, 0.3) is 0 Å². The number of benzene rings is 1. The van der Waals surface area contributed by atoms with Gasteiger partial charge in [0, 0.05) is 18.4 Å². The van der Waals surface area contributed by atoms with Gasteiger partial charge in [0.15, 0.2) is 0 Å². The second-order valence-corrected chi connectivity index (χ2v) is 6.10. The monoisotopic (exact) mass is 289 g/mol. The molecule has 1 aromatic carbocycles. The van der Waals surface area contributed by atoms with Crippen LogP contribution in [0.3, 0.4) is 0 Å². The van der Waals surface area contributed by atoms with Crippen LogP contribution in [0.15, 0.2) is 24.3 Å². The van der Waals surface area contributed by atoms with E-state index in [0.717, 1.165) is 38.0 Å². The zero-order valence-corrected chi connectivity index (χ0v) is 13.3. The Morgan fingerprint density at radius 2 is 1.90 bits per heavy atom. The van der Waals surface area contributed by atoms with E-state index in [-0.39, 0.29) is 11.3 Å². The van der Waals surface area contributed by atoms with E-state index in [1.807, 2.05) is 12.1 Å². The number of methoxy groups -OCH3 is 1. The summed E-state index contributed by atoms with van der Waals surface area (Å²) in [4.78, 5) is 11.9. The highest BCUT2D eigenvalue weighted by atomic mass is 16.5. The minimum Gasteiger partial charge on any atom is -0.497 e. The van der Waals surface area contributed by atoms with E-state index in [4.69, 9.17) is 4.74 Å². The van der Waals surface area contributed by atoms with Gasteiger partial charge in [-0.05, 0) is 37.0 Å². The van der Waals surface area contributed by atoms with Gasteiger partial charge in [0.2, 0.25) is 5.91 Å². The van der Waals surface area contributed by atoms with Crippen molar-refractivity contribution in [2.75, 3.05) is 13.7 Å². The molecule has 116 valence electrons. The summed E-state index contributed by atoms with van der Waals surface area (Å²) < 4.78 is 5.24. The Labute approximate surface area is 128 Å². The van der Waals surface area contributed by atoms with E-state index in [1.165, 1.54) is 18.4 Å². The van der Waals surface area contributed by atoms with Crippen LogP contribution in [-0.2, 0) is 10.2 Å². The number of ether oxygens (including phenoxy) is 1. The van der Waals surface area contributed by atoms with Crippen molar-refractivity contribution < 1.29 is 9.53 Å². The zero-order valence-electron chi connectivity index (χ0n) is 13.3. The van der Waals surface area contributed by atoms with Gasteiger partial charge in [0.25, 0.3) is 0 Å². The summed E-state index contributed by atoms with van der Waals surface area (Å²) in [5.41, 5.74) is 1.45. The predicted octanol–water partition coefficient (Wildman–Crippen LogP) is 3.81. The molecule has 1 saturated carbocycles. The van der Waals surface area contributed by atoms with Gasteiger partial charge in [0.05, 0.1) is 7.11 Å².